The van der Waals surface area contributed by atoms with Gasteiger partial charge in [-0.1, -0.05) is 0 Å². The maximum atomic E-state index is 13.2. The van der Waals surface area contributed by atoms with E-state index in [1.165, 1.54) is 18.9 Å². The van der Waals surface area contributed by atoms with Gasteiger partial charge in [0.1, 0.15) is 0 Å². The van der Waals surface area contributed by atoms with Crippen molar-refractivity contribution < 1.29 is 18.4 Å². The van der Waals surface area contributed by atoms with E-state index >= 15 is 0 Å². The summed E-state index contributed by atoms with van der Waals surface area (Å²) in [5.41, 5.74) is 2.01. The molecule has 28 heavy (non-hydrogen) atoms. The Morgan fingerprint density at radius 3 is 2.00 bits per heavy atom. The van der Waals surface area contributed by atoms with Crippen LogP contribution in [0.5, 0.6) is 0 Å². The smallest absolute Gasteiger partial charge is 0.228 e. The van der Waals surface area contributed by atoms with Gasteiger partial charge < -0.3 is 15.5 Å². The molecule has 1 heterocycles. The number of carbonyl (C=O) groups excluding carboxylic acids is 2. The van der Waals surface area contributed by atoms with Gasteiger partial charge in [0.15, 0.2) is 11.6 Å². The Kier molecular flexibility index (Phi) is 4.98. The second-order valence-electron chi connectivity index (χ2n) is 7.30. The maximum Gasteiger partial charge on any atom is 0.228 e. The van der Waals surface area contributed by atoms with Gasteiger partial charge >= 0.3 is 0 Å². The standard InChI is InChI=1S/C21H21F2N3O2/c22-18-8-5-14(11-19(18)23)25-21(28)17-12-16(17)20(27)24-13-3-6-15(7-4-13)26-9-1-2-10-26/h3-8,11,16-17H,1-2,9-10,12H2,(H,24,27)(H,25,28). The van der Waals surface area contributed by atoms with Crippen molar-refractivity contribution >= 4 is 28.9 Å². The van der Waals surface area contributed by atoms with E-state index in [0.717, 1.165) is 30.9 Å². The lowest BCUT2D eigenvalue weighted by molar-refractivity contribution is -0.122. The van der Waals surface area contributed by atoms with Crippen molar-refractivity contribution in [1.29, 1.82) is 0 Å². The van der Waals surface area contributed by atoms with Gasteiger partial charge in [0, 0.05) is 36.2 Å². The molecular formula is C21H21F2N3O2. The number of nitrogens with one attached hydrogen (secondary N) is 2. The zero-order chi connectivity index (χ0) is 19.7. The summed E-state index contributed by atoms with van der Waals surface area (Å²) in [4.78, 5) is 26.9. The van der Waals surface area contributed by atoms with Gasteiger partial charge in [-0.2, -0.15) is 0 Å². The van der Waals surface area contributed by atoms with E-state index in [2.05, 4.69) is 15.5 Å². The summed E-state index contributed by atoms with van der Waals surface area (Å²) < 4.78 is 26.2. The Balaban J connectivity index is 1.30. The molecule has 1 saturated heterocycles. The van der Waals surface area contributed by atoms with Crippen molar-refractivity contribution in [3.63, 3.8) is 0 Å². The highest BCUT2D eigenvalue weighted by Crippen LogP contribution is 2.40. The SMILES string of the molecule is O=C(Nc1ccc(N2CCCC2)cc1)C1CC1C(=O)Nc1ccc(F)c(F)c1. The predicted molar refractivity (Wildman–Crippen MR) is 103 cm³/mol. The van der Waals surface area contributed by atoms with E-state index in [-0.39, 0.29) is 17.5 Å². The molecule has 2 amide bonds. The molecule has 2 N–H and O–H groups in total. The molecule has 2 fully saturated rings. The van der Waals surface area contributed by atoms with Crippen LogP contribution in [0.4, 0.5) is 25.8 Å². The molecule has 0 bridgehead atoms. The first-order valence-electron chi connectivity index (χ1n) is 9.43. The Morgan fingerprint density at radius 1 is 0.821 bits per heavy atom. The van der Waals surface area contributed by atoms with Crippen LogP contribution < -0.4 is 15.5 Å². The van der Waals surface area contributed by atoms with Crippen molar-refractivity contribution in [3.05, 3.63) is 54.1 Å². The quantitative estimate of drug-likeness (QED) is 0.824. The second kappa shape index (κ2) is 7.58. The number of rotatable bonds is 5. The molecule has 2 aliphatic rings. The monoisotopic (exact) mass is 385 g/mol. The number of anilines is 3. The molecule has 1 aliphatic carbocycles. The topological polar surface area (TPSA) is 61.4 Å². The lowest BCUT2D eigenvalue weighted by Crippen LogP contribution is -2.21. The molecule has 7 heteroatoms. The summed E-state index contributed by atoms with van der Waals surface area (Å²) in [6, 6.07) is 10.9. The molecule has 2 aromatic carbocycles. The largest absolute Gasteiger partial charge is 0.372 e. The highest BCUT2D eigenvalue weighted by Gasteiger charge is 2.48. The van der Waals surface area contributed by atoms with Crippen molar-refractivity contribution in [2.75, 3.05) is 28.6 Å². The number of halogens is 2. The lowest BCUT2D eigenvalue weighted by atomic mass is 10.2. The van der Waals surface area contributed by atoms with Gasteiger partial charge in [-0.3, -0.25) is 9.59 Å². The molecule has 146 valence electrons. The van der Waals surface area contributed by atoms with Crippen molar-refractivity contribution in [3.8, 4) is 0 Å². The van der Waals surface area contributed by atoms with Crippen molar-refractivity contribution in [2.45, 2.75) is 19.3 Å². The molecule has 4 rings (SSSR count). The Hall–Kier alpha value is -2.96. The summed E-state index contributed by atoms with van der Waals surface area (Å²) >= 11 is 0. The number of carbonyl (C=O) groups is 2. The van der Waals surface area contributed by atoms with E-state index in [9.17, 15) is 18.4 Å². The average molecular weight is 385 g/mol. The third-order valence-electron chi connectivity index (χ3n) is 5.26. The van der Waals surface area contributed by atoms with Crippen LogP contribution in [0.1, 0.15) is 19.3 Å². The van der Waals surface area contributed by atoms with E-state index in [0.29, 0.717) is 12.1 Å². The van der Waals surface area contributed by atoms with Crippen LogP contribution in [0.25, 0.3) is 0 Å². The van der Waals surface area contributed by atoms with Crippen LogP contribution in [0.2, 0.25) is 0 Å². The molecule has 0 aromatic heterocycles. The summed E-state index contributed by atoms with van der Waals surface area (Å²) in [5, 5.41) is 5.37. The number of amides is 2. The maximum absolute atomic E-state index is 13.2. The van der Waals surface area contributed by atoms with E-state index in [1.54, 1.807) is 0 Å². The normalized spacial score (nSPS) is 20.7. The minimum atomic E-state index is -1.03. The fourth-order valence-corrected chi connectivity index (χ4v) is 3.55. The lowest BCUT2D eigenvalue weighted by Gasteiger charge is -2.17. The van der Waals surface area contributed by atoms with Gasteiger partial charge in [0.2, 0.25) is 11.8 Å². The summed E-state index contributed by atoms with van der Waals surface area (Å²) in [5.74, 6) is -3.45. The molecule has 2 atom stereocenters. The van der Waals surface area contributed by atoms with Crippen LogP contribution >= 0.6 is 0 Å². The van der Waals surface area contributed by atoms with Gasteiger partial charge in [-0.05, 0) is 55.7 Å². The van der Waals surface area contributed by atoms with Gasteiger partial charge in [-0.15, -0.1) is 0 Å². The zero-order valence-corrected chi connectivity index (χ0v) is 15.3. The van der Waals surface area contributed by atoms with Crippen LogP contribution in [0, 0.1) is 23.5 Å². The fraction of sp³-hybridized carbons (Fsp3) is 0.333. The molecule has 0 spiro atoms. The van der Waals surface area contributed by atoms with Gasteiger partial charge in [0.25, 0.3) is 0 Å². The van der Waals surface area contributed by atoms with E-state index in [1.807, 2.05) is 24.3 Å². The molecule has 1 aliphatic heterocycles. The molecule has 2 unspecified atom stereocenters. The van der Waals surface area contributed by atoms with Gasteiger partial charge in [0.05, 0.1) is 11.8 Å². The first-order valence-corrected chi connectivity index (χ1v) is 9.43. The number of nitrogens with zero attached hydrogens (tertiary/aromatic N) is 1. The highest BCUT2D eigenvalue weighted by atomic mass is 19.2. The first-order chi connectivity index (χ1) is 13.5. The molecule has 1 saturated carbocycles. The predicted octanol–water partition coefficient (Wildman–Crippen LogP) is 3.78. The molecule has 0 radical (unpaired) electrons. The Bertz CT molecular complexity index is 895. The highest BCUT2D eigenvalue weighted by molar-refractivity contribution is 6.03. The zero-order valence-electron chi connectivity index (χ0n) is 15.3. The molecule has 5 nitrogen and oxygen atoms in total. The fourth-order valence-electron chi connectivity index (χ4n) is 3.55. The van der Waals surface area contributed by atoms with Gasteiger partial charge in [-0.25, -0.2) is 8.78 Å². The third kappa shape index (κ3) is 3.98. The summed E-state index contributed by atoms with van der Waals surface area (Å²) in [6.07, 6.45) is 2.84. The third-order valence-corrected chi connectivity index (χ3v) is 5.26. The van der Waals surface area contributed by atoms with Crippen molar-refractivity contribution in [1.82, 2.24) is 0 Å². The van der Waals surface area contributed by atoms with Crippen molar-refractivity contribution in [2.24, 2.45) is 11.8 Å². The number of benzene rings is 2. The number of hydrogen-bond donors (Lipinski definition) is 2. The molecule has 2 aromatic rings. The van der Waals surface area contributed by atoms with Crippen LogP contribution in [0.3, 0.4) is 0 Å². The van der Waals surface area contributed by atoms with E-state index < -0.39 is 23.5 Å². The molecular weight excluding hydrogens is 364 g/mol. The number of hydrogen-bond acceptors (Lipinski definition) is 3. The van der Waals surface area contributed by atoms with E-state index in [4.69, 9.17) is 0 Å². The van der Waals surface area contributed by atoms with Crippen LogP contribution in [0.15, 0.2) is 42.5 Å². The minimum absolute atomic E-state index is 0.174. The summed E-state index contributed by atoms with van der Waals surface area (Å²) in [6.45, 7) is 2.12. The van der Waals surface area contributed by atoms with Crippen LogP contribution in [-0.4, -0.2) is 24.9 Å². The second-order valence-corrected chi connectivity index (χ2v) is 7.30. The first kappa shape index (κ1) is 18.4. The Morgan fingerprint density at radius 2 is 1.39 bits per heavy atom. The summed E-state index contributed by atoms with van der Waals surface area (Å²) in [7, 11) is 0. The Labute approximate surface area is 161 Å². The average Bonchev–Trinajstić information content (AvgIpc) is 3.31. The van der Waals surface area contributed by atoms with Crippen LogP contribution in [-0.2, 0) is 9.59 Å². The minimum Gasteiger partial charge on any atom is -0.372 e.